The van der Waals surface area contributed by atoms with Crippen molar-refractivity contribution in [2.75, 3.05) is 6.61 Å². The molecule has 3 rings (SSSR count). The van der Waals surface area contributed by atoms with Crippen molar-refractivity contribution in [1.82, 2.24) is 5.32 Å². The summed E-state index contributed by atoms with van der Waals surface area (Å²) in [5.41, 5.74) is 2.11. The van der Waals surface area contributed by atoms with Crippen LogP contribution < -0.4 is 10.1 Å². The minimum Gasteiger partial charge on any atom is -0.492 e. The average molecular weight is 325 g/mol. The van der Waals surface area contributed by atoms with Crippen molar-refractivity contribution < 1.29 is 14.6 Å². The third kappa shape index (κ3) is 3.95. The van der Waals surface area contributed by atoms with E-state index in [1.165, 1.54) is 0 Å². The molecule has 1 amide bonds. The number of aliphatic hydroxyl groups excluding tert-OH is 1. The Hall–Kier alpha value is -2.33. The molecule has 3 unspecified atom stereocenters. The molecular formula is C20H23NO3. The van der Waals surface area contributed by atoms with Gasteiger partial charge in [0.25, 0.3) is 0 Å². The first-order valence-corrected chi connectivity index (χ1v) is 8.36. The van der Waals surface area contributed by atoms with Crippen LogP contribution in [0.25, 0.3) is 0 Å². The Kier molecular flexibility index (Phi) is 5.16. The third-order valence-electron chi connectivity index (χ3n) is 4.48. The lowest BCUT2D eigenvalue weighted by Crippen LogP contribution is -2.46. The highest BCUT2D eigenvalue weighted by molar-refractivity contribution is 5.80. The molecule has 4 heteroatoms. The van der Waals surface area contributed by atoms with Crippen LogP contribution in [0.15, 0.2) is 54.6 Å². The van der Waals surface area contributed by atoms with Gasteiger partial charge in [-0.05, 0) is 30.5 Å². The maximum Gasteiger partial charge on any atom is 0.227 e. The molecule has 1 aliphatic heterocycles. The summed E-state index contributed by atoms with van der Waals surface area (Å²) < 4.78 is 5.67. The summed E-state index contributed by atoms with van der Waals surface area (Å²) in [5.74, 6) is 0.578. The van der Waals surface area contributed by atoms with Crippen LogP contribution in [-0.4, -0.2) is 29.8 Å². The van der Waals surface area contributed by atoms with Gasteiger partial charge in [0.05, 0.1) is 18.1 Å². The monoisotopic (exact) mass is 325 g/mol. The molecule has 0 saturated carbocycles. The van der Waals surface area contributed by atoms with E-state index in [4.69, 9.17) is 4.74 Å². The number of fused-ring (bicyclic) bond motifs is 1. The second-order valence-corrected chi connectivity index (χ2v) is 6.37. The molecule has 0 spiro atoms. The lowest BCUT2D eigenvalue weighted by atomic mass is 9.95. The molecule has 0 aromatic heterocycles. The maximum absolute atomic E-state index is 12.5. The number of ether oxygens (including phenoxy) is 1. The molecule has 0 saturated heterocycles. The van der Waals surface area contributed by atoms with Gasteiger partial charge in [-0.1, -0.05) is 48.5 Å². The molecule has 126 valence electrons. The molecule has 0 radical (unpaired) electrons. The molecule has 4 nitrogen and oxygen atoms in total. The van der Waals surface area contributed by atoms with E-state index in [2.05, 4.69) is 5.32 Å². The highest BCUT2D eigenvalue weighted by atomic mass is 16.5. The summed E-state index contributed by atoms with van der Waals surface area (Å²) in [4.78, 5) is 12.5. The average Bonchev–Trinajstić information content (AvgIpc) is 2.62. The highest BCUT2D eigenvalue weighted by Crippen LogP contribution is 2.26. The molecule has 2 aromatic carbocycles. The number of hydrogen-bond donors (Lipinski definition) is 2. The second-order valence-electron chi connectivity index (χ2n) is 6.37. The van der Waals surface area contributed by atoms with Gasteiger partial charge in [0.2, 0.25) is 5.91 Å². The Labute approximate surface area is 142 Å². The normalized spacial score (nSPS) is 18.8. The summed E-state index contributed by atoms with van der Waals surface area (Å²) in [6.45, 7) is 2.22. The van der Waals surface area contributed by atoms with Crippen LogP contribution in [0.1, 0.15) is 18.1 Å². The van der Waals surface area contributed by atoms with Crippen LogP contribution in [0, 0.1) is 5.92 Å². The zero-order valence-electron chi connectivity index (χ0n) is 13.8. The Morgan fingerprint density at radius 1 is 1.21 bits per heavy atom. The predicted octanol–water partition coefficient (Wildman–Crippen LogP) is 2.35. The topological polar surface area (TPSA) is 58.6 Å². The van der Waals surface area contributed by atoms with Crippen LogP contribution in [0.5, 0.6) is 5.75 Å². The molecular weight excluding hydrogens is 302 g/mol. The molecule has 2 N–H and O–H groups in total. The summed E-state index contributed by atoms with van der Waals surface area (Å²) in [5, 5.41) is 13.3. The zero-order chi connectivity index (χ0) is 16.9. The van der Waals surface area contributed by atoms with E-state index in [1.54, 1.807) is 0 Å². The van der Waals surface area contributed by atoms with Crippen molar-refractivity contribution in [3.63, 3.8) is 0 Å². The maximum atomic E-state index is 12.5. The second kappa shape index (κ2) is 7.49. The van der Waals surface area contributed by atoms with Crippen molar-refractivity contribution in [2.24, 2.45) is 5.92 Å². The number of aliphatic hydroxyl groups is 1. The van der Waals surface area contributed by atoms with Gasteiger partial charge in [-0.25, -0.2) is 0 Å². The molecule has 3 atom stereocenters. The van der Waals surface area contributed by atoms with Gasteiger partial charge >= 0.3 is 0 Å². The van der Waals surface area contributed by atoms with Crippen LogP contribution >= 0.6 is 0 Å². The van der Waals surface area contributed by atoms with Crippen LogP contribution in [0.2, 0.25) is 0 Å². The van der Waals surface area contributed by atoms with Gasteiger partial charge in [0, 0.05) is 6.42 Å². The first-order chi connectivity index (χ1) is 11.6. The fourth-order valence-electron chi connectivity index (χ4n) is 2.97. The predicted molar refractivity (Wildman–Crippen MR) is 92.9 cm³/mol. The molecule has 24 heavy (non-hydrogen) atoms. The first kappa shape index (κ1) is 16.5. The van der Waals surface area contributed by atoms with Crippen LogP contribution in [0.3, 0.4) is 0 Å². The minimum absolute atomic E-state index is 0.0656. The number of para-hydroxylation sites is 1. The Balaban J connectivity index is 1.55. The van der Waals surface area contributed by atoms with Crippen molar-refractivity contribution in [2.45, 2.75) is 31.9 Å². The number of carbonyl (C=O) groups excluding carboxylic acids is 1. The molecule has 0 bridgehead atoms. The number of carbonyl (C=O) groups is 1. The van der Waals surface area contributed by atoms with Crippen molar-refractivity contribution >= 4 is 5.91 Å². The quantitative estimate of drug-likeness (QED) is 0.887. The zero-order valence-corrected chi connectivity index (χ0v) is 13.8. The smallest absolute Gasteiger partial charge is 0.227 e. The SMILES string of the molecule is CC(NC(=O)C1COc2ccccc2C1)C(O)Cc1ccccc1. The highest BCUT2D eigenvalue weighted by Gasteiger charge is 2.27. The standard InChI is InChI=1S/C20H23NO3/c1-14(18(22)11-15-7-3-2-4-8-15)21-20(23)17-12-16-9-5-6-10-19(16)24-13-17/h2-10,14,17-18,22H,11-13H2,1H3,(H,21,23). The van der Waals surface area contributed by atoms with Crippen LogP contribution in [-0.2, 0) is 17.6 Å². The van der Waals surface area contributed by atoms with Gasteiger partial charge in [-0.3, -0.25) is 4.79 Å². The Morgan fingerprint density at radius 2 is 1.92 bits per heavy atom. The van der Waals surface area contributed by atoms with Crippen molar-refractivity contribution in [3.05, 3.63) is 65.7 Å². The van der Waals surface area contributed by atoms with E-state index in [9.17, 15) is 9.90 Å². The number of amides is 1. The van der Waals surface area contributed by atoms with E-state index >= 15 is 0 Å². The summed E-state index contributed by atoms with van der Waals surface area (Å²) in [7, 11) is 0. The van der Waals surface area contributed by atoms with Gasteiger partial charge in [0.1, 0.15) is 12.4 Å². The van der Waals surface area contributed by atoms with Gasteiger partial charge in [-0.2, -0.15) is 0 Å². The third-order valence-corrected chi connectivity index (χ3v) is 4.48. The minimum atomic E-state index is -0.617. The number of nitrogens with one attached hydrogen (secondary N) is 1. The largest absolute Gasteiger partial charge is 0.492 e. The van der Waals surface area contributed by atoms with Crippen molar-refractivity contribution in [3.8, 4) is 5.75 Å². The van der Waals surface area contributed by atoms with E-state index in [1.807, 2.05) is 61.5 Å². The van der Waals surface area contributed by atoms with E-state index < -0.39 is 6.10 Å². The summed E-state index contributed by atoms with van der Waals surface area (Å²) in [6, 6.07) is 17.3. The molecule has 0 aliphatic carbocycles. The molecule has 0 fully saturated rings. The van der Waals surface area contributed by atoms with Crippen molar-refractivity contribution in [1.29, 1.82) is 0 Å². The number of hydrogen-bond acceptors (Lipinski definition) is 3. The van der Waals surface area contributed by atoms with E-state index in [-0.39, 0.29) is 17.9 Å². The van der Waals surface area contributed by atoms with E-state index in [0.717, 1.165) is 16.9 Å². The summed E-state index contributed by atoms with van der Waals surface area (Å²) in [6.07, 6.45) is 0.573. The first-order valence-electron chi connectivity index (χ1n) is 8.36. The number of rotatable bonds is 5. The van der Waals surface area contributed by atoms with Gasteiger partial charge in [0.15, 0.2) is 0 Å². The molecule has 1 aliphatic rings. The Morgan fingerprint density at radius 3 is 2.71 bits per heavy atom. The molecule has 2 aromatic rings. The van der Waals surface area contributed by atoms with Gasteiger partial charge < -0.3 is 15.2 Å². The fraction of sp³-hybridized carbons (Fsp3) is 0.350. The lowest BCUT2D eigenvalue weighted by Gasteiger charge is -2.27. The Bertz CT molecular complexity index is 686. The number of benzene rings is 2. The van der Waals surface area contributed by atoms with E-state index in [0.29, 0.717) is 19.4 Å². The molecule has 1 heterocycles. The van der Waals surface area contributed by atoms with Gasteiger partial charge in [-0.15, -0.1) is 0 Å². The lowest BCUT2D eigenvalue weighted by molar-refractivity contribution is -0.127. The summed E-state index contributed by atoms with van der Waals surface area (Å²) >= 11 is 0. The fourth-order valence-corrected chi connectivity index (χ4v) is 2.97. The van der Waals surface area contributed by atoms with Crippen LogP contribution in [0.4, 0.5) is 0 Å².